The molecule has 1 N–H and O–H groups in total. The highest BCUT2D eigenvalue weighted by Gasteiger charge is 2.10. The lowest BCUT2D eigenvalue weighted by Gasteiger charge is -2.13. The number of aromatic nitrogens is 2. The molecule has 3 aromatic rings. The van der Waals surface area contributed by atoms with Gasteiger partial charge < -0.3 is 5.32 Å². The zero-order valence-corrected chi connectivity index (χ0v) is 13.5. The number of anilines is 1. The first-order valence-corrected chi connectivity index (χ1v) is 7.54. The number of rotatable bonds is 3. The van der Waals surface area contributed by atoms with E-state index in [1.807, 2.05) is 50.4 Å². The summed E-state index contributed by atoms with van der Waals surface area (Å²) in [5.74, 6) is -0.105. The van der Waals surface area contributed by atoms with E-state index in [1.54, 1.807) is 10.9 Å². The standard InChI is InChI=1S/C19H19N3O/c1-13-11-14(2)18(15(3)12-13)21-19(23)16-5-7-17(8-6-16)22-10-4-9-20-22/h4-12H,1-3H3,(H,21,23). The van der Waals surface area contributed by atoms with Crippen molar-refractivity contribution in [3.63, 3.8) is 0 Å². The van der Waals surface area contributed by atoms with Crippen LogP contribution in [0, 0.1) is 20.8 Å². The van der Waals surface area contributed by atoms with Crippen LogP contribution in [0.1, 0.15) is 27.0 Å². The van der Waals surface area contributed by atoms with Gasteiger partial charge in [-0.05, 0) is 62.2 Å². The van der Waals surface area contributed by atoms with Crippen molar-refractivity contribution >= 4 is 11.6 Å². The van der Waals surface area contributed by atoms with Gasteiger partial charge >= 0.3 is 0 Å². The predicted molar refractivity (Wildman–Crippen MR) is 92.2 cm³/mol. The Bertz CT molecular complexity index is 811. The van der Waals surface area contributed by atoms with Gasteiger partial charge in [0.15, 0.2) is 0 Å². The smallest absolute Gasteiger partial charge is 0.255 e. The van der Waals surface area contributed by atoms with Crippen molar-refractivity contribution in [2.24, 2.45) is 0 Å². The van der Waals surface area contributed by atoms with Crippen molar-refractivity contribution in [3.8, 4) is 5.69 Å². The molecule has 0 saturated heterocycles. The van der Waals surface area contributed by atoms with Crippen molar-refractivity contribution in [3.05, 3.63) is 77.1 Å². The molecule has 23 heavy (non-hydrogen) atoms. The van der Waals surface area contributed by atoms with E-state index in [4.69, 9.17) is 0 Å². The minimum atomic E-state index is -0.105. The van der Waals surface area contributed by atoms with Gasteiger partial charge in [-0.25, -0.2) is 4.68 Å². The molecule has 1 aromatic heterocycles. The minimum absolute atomic E-state index is 0.105. The lowest BCUT2D eigenvalue weighted by molar-refractivity contribution is 0.102. The van der Waals surface area contributed by atoms with Crippen molar-refractivity contribution in [1.29, 1.82) is 0 Å². The summed E-state index contributed by atoms with van der Waals surface area (Å²) in [4.78, 5) is 12.5. The van der Waals surface area contributed by atoms with E-state index in [0.29, 0.717) is 5.56 Å². The fraction of sp³-hybridized carbons (Fsp3) is 0.158. The molecule has 0 saturated carbocycles. The van der Waals surface area contributed by atoms with Gasteiger partial charge in [-0.3, -0.25) is 4.79 Å². The summed E-state index contributed by atoms with van der Waals surface area (Å²) in [6.45, 7) is 6.08. The van der Waals surface area contributed by atoms with Crippen LogP contribution in [0.25, 0.3) is 5.69 Å². The summed E-state index contributed by atoms with van der Waals surface area (Å²) < 4.78 is 1.76. The molecule has 0 aliphatic carbocycles. The molecule has 4 heteroatoms. The molecular weight excluding hydrogens is 286 g/mol. The molecule has 0 spiro atoms. The number of nitrogens with zero attached hydrogens (tertiary/aromatic N) is 2. The Balaban J connectivity index is 1.81. The zero-order chi connectivity index (χ0) is 16.4. The molecule has 116 valence electrons. The number of benzene rings is 2. The van der Waals surface area contributed by atoms with Crippen LogP contribution in [0.2, 0.25) is 0 Å². The maximum Gasteiger partial charge on any atom is 0.255 e. The molecule has 1 heterocycles. The fourth-order valence-corrected chi connectivity index (χ4v) is 2.75. The van der Waals surface area contributed by atoms with Crippen molar-refractivity contribution in [2.75, 3.05) is 5.32 Å². The lowest BCUT2D eigenvalue weighted by Crippen LogP contribution is -2.14. The largest absolute Gasteiger partial charge is 0.322 e. The zero-order valence-electron chi connectivity index (χ0n) is 13.5. The molecule has 2 aromatic carbocycles. The third-order valence-corrected chi connectivity index (χ3v) is 3.81. The Labute approximate surface area is 135 Å². The number of carbonyl (C=O) groups excluding carboxylic acids is 1. The average Bonchev–Trinajstić information content (AvgIpc) is 3.05. The maximum absolute atomic E-state index is 12.5. The van der Waals surface area contributed by atoms with Gasteiger partial charge in [-0.2, -0.15) is 5.10 Å². The SMILES string of the molecule is Cc1cc(C)c(NC(=O)c2ccc(-n3cccn3)cc2)c(C)c1. The Hall–Kier alpha value is -2.88. The lowest BCUT2D eigenvalue weighted by atomic mass is 10.0. The topological polar surface area (TPSA) is 46.9 Å². The van der Waals surface area contributed by atoms with Gasteiger partial charge in [0.25, 0.3) is 5.91 Å². The van der Waals surface area contributed by atoms with Crippen LogP contribution >= 0.6 is 0 Å². The van der Waals surface area contributed by atoms with E-state index < -0.39 is 0 Å². The van der Waals surface area contributed by atoms with Crippen LogP contribution < -0.4 is 5.32 Å². The number of amides is 1. The molecule has 0 atom stereocenters. The van der Waals surface area contributed by atoms with Gasteiger partial charge in [0.1, 0.15) is 0 Å². The number of carbonyl (C=O) groups is 1. The van der Waals surface area contributed by atoms with E-state index in [0.717, 1.165) is 22.5 Å². The highest BCUT2D eigenvalue weighted by molar-refractivity contribution is 6.05. The van der Waals surface area contributed by atoms with E-state index in [-0.39, 0.29) is 5.91 Å². The first-order valence-electron chi connectivity index (χ1n) is 7.54. The second kappa shape index (κ2) is 6.08. The summed E-state index contributed by atoms with van der Waals surface area (Å²) in [6.07, 6.45) is 3.59. The summed E-state index contributed by atoms with van der Waals surface area (Å²) in [5, 5.41) is 7.19. The van der Waals surface area contributed by atoms with E-state index in [1.165, 1.54) is 5.56 Å². The molecule has 0 radical (unpaired) electrons. The van der Waals surface area contributed by atoms with Gasteiger partial charge in [0.2, 0.25) is 0 Å². The summed E-state index contributed by atoms with van der Waals surface area (Å²) in [5.41, 5.74) is 5.78. The summed E-state index contributed by atoms with van der Waals surface area (Å²) >= 11 is 0. The minimum Gasteiger partial charge on any atom is -0.322 e. The number of nitrogens with one attached hydrogen (secondary N) is 1. The Morgan fingerprint density at radius 3 is 2.26 bits per heavy atom. The van der Waals surface area contributed by atoms with Crippen LogP contribution in [-0.4, -0.2) is 15.7 Å². The second-order valence-corrected chi connectivity index (χ2v) is 5.73. The van der Waals surface area contributed by atoms with Gasteiger partial charge in [-0.15, -0.1) is 0 Å². The van der Waals surface area contributed by atoms with Crippen LogP contribution in [0.3, 0.4) is 0 Å². The monoisotopic (exact) mass is 305 g/mol. The van der Waals surface area contributed by atoms with E-state index >= 15 is 0 Å². The van der Waals surface area contributed by atoms with Crippen molar-refractivity contribution in [1.82, 2.24) is 9.78 Å². The maximum atomic E-state index is 12.5. The van der Waals surface area contributed by atoms with Crippen LogP contribution in [0.15, 0.2) is 54.9 Å². The third kappa shape index (κ3) is 3.16. The molecule has 4 nitrogen and oxygen atoms in total. The molecule has 0 unspecified atom stereocenters. The third-order valence-electron chi connectivity index (χ3n) is 3.81. The molecule has 3 rings (SSSR count). The molecule has 0 bridgehead atoms. The van der Waals surface area contributed by atoms with Crippen LogP contribution in [0.5, 0.6) is 0 Å². The highest BCUT2D eigenvalue weighted by Crippen LogP contribution is 2.22. The molecule has 0 aliphatic heterocycles. The second-order valence-electron chi connectivity index (χ2n) is 5.73. The Morgan fingerprint density at radius 2 is 1.70 bits per heavy atom. The van der Waals surface area contributed by atoms with Crippen molar-refractivity contribution < 1.29 is 4.79 Å². The van der Waals surface area contributed by atoms with Crippen LogP contribution in [0.4, 0.5) is 5.69 Å². The number of hydrogen-bond donors (Lipinski definition) is 1. The van der Waals surface area contributed by atoms with E-state index in [2.05, 4.69) is 29.5 Å². The summed E-state index contributed by atoms with van der Waals surface area (Å²) in [7, 11) is 0. The first kappa shape index (κ1) is 15.0. The highest BCUT2D eigenvalue weighted by atomic mass is 16.1. The first-order chi connectivity index (χ1) is 11.0. The van der Waals surface area contributed by atoms with Gasteiger partial charge in [0, 0.05) is 23.6 Å². The van der Waals surface area contributed by atoms with Crippen molar-refractivity contribution in [2.45, 2.75) is 20.8 Å². The fourth-order valence-electron chi connectivity index (χ4n) is 2.75. The number of hydrogen-bond acceptors (Lipinski definition) is 2. The Kier molecular flexibility index (Phi) is 3.98. The Morgan fingerprint density at radius 1 is 1.04 bits per heavy atom. The molecule has 0 fully saturated rings. The summed E-state index contributed by atoms with van der Waals surface area (Å²) in [6, 6.07) is 13.4. The quantitative estimate of drug-likeness (QED) is 0.793. The van der Waals surface area contributed by atoms with E-state index in [9.17, 15) is 4.79 Å². The molecule has 0 aliphatic rings. The average molecular weight is 305 g/mol. The van der Waals surface area contributed by atoms with Gasteiger partial charge in [-0.1, -0.05) is 17.7 Å². The normalized spacial score (nSPS) is 10.6. The number of aryl methyl sites for hydroxylation is 3. The predicted octanol–water partition coefficient (Wildman–Crippen LogP) is 4.05. The van der Waals surface area contributed by atoms with Crippen LogP contribution in [-0.2, 0) is 0 Å². The molecule has 1 amide bonds. The van der Waals surface area contributed by atoms with Gasteiger partial charge in [0.05, 0.1) is 5.69 Å². The molecular formula is C19H19N3O.